The molecule has 0 fully saturated rings. The van der Waals surface area contributed by atoms with Gasteiger partial charge in [0.05, 0.1) is 23.7 Å². The highest BCUT2D eigenvalue weighted by atomic mass is 35.5. The van der Waals surface area contributed by atoms with E-state index in [2.05, 4.69) is 20.3 Å². The first-order valence-electron chi connectivity index (χ1n) is 10.3. The fraction of sp³-hybridized carbons (Fsp3) is 0.364. The van der Waals surface area contributed by atoms with E-state index in [1.165, 1.54) is 6.07 Å². The van der Waals surface area contributed by atoms with Crippen LogP contribution in [0.15, 0.2) is 35.5 Å². The Bertz CT molecular complexity index is 1090. The standard InChI is InChI=1S/C22H24ClF3N6O/c1-3-5-28-10-13(2)20(33)32-6-4-18-17(12-32)19(31-21(23)30-18)29-11-14-7-15(22(24,25)26)9-16(27)8-14/h3,5,7-10,13H,4,6,11-12,27H2,1-2H3,(H,29,30,31)/b5-3-,28-10?. The normalized spacial score (nSPS) is 15.2. The van der Waals surface area contributed by atoms with Crippen molar-refractivity contribution in [2.45, 2.75) is 39.5 Å². The van der Waals surface area contributed by atoms with Gasteiger partial charge in [0.2, 0.25) is 11.2 Å². The van der Waals surface area contributed by atoms with Crippen LogP contribution in [0.2, 0.25) is 5.28 Å². The Morgan fingerprint density at radius 2 is 2.12 bits per heavy atom. The molecule has 1 aliphatic rings. The Hall–Kier alpha value is -3.14. The molecule has 7 nitrogen and oxygen atoms in total. The molecule has 1 unspecified atom stereocenters. The van der Waals surface area contributed by atoms with Crippen molar-refractivity contribution < 1.29 is 18.0 Å². The first-order chi connectivity index (χ1) is 15.6. The Kier molecular flexibility index (Phi) is 7.57. The number of halogens is 4. The number of anilines is 2. The molecule has 2 heterocycles. The van der Waals surface area contributed by atoms with E-state index in [0.29, 0.717) is 35.6 Å². The molecule has 1 aromatic heterocycles. The summed E-state index contributed by atoms with van der Waals surface area (Å²) in [6.45, 7) is 4.35. The smallest absolute Gasteiger partial charge is 0.399 e. The van der Waals surface area contributed by atoms with Crippen molar-refractivity contribution in [2.75, 3.05) is 17.6 Å². The van der Waals surface area contributed by atoms with Crippen molar-refractivity contribution in [3.8, 4) is 0 Å². The number of aromatic nitrogens is 2. The van der Waals surface area contributed by atoms with Gasteiger partial charge in [-0.2, -0.15) is 13.2 Å². The van der Waals surface area contributed by atoms with Gasteiger partial charge in [-0.05, 0) is 49.2 Å². The summed E-state index contributed by atoms with van der Waals surface area (Å²) < 4.78 is 39.3. The van der Waals surface area contributed by atoms with E-state index in [1.807, 2.05) is 6.92 Å². The lowest BCUT2D eigenvalue weighted by Crippen LogP contribution is -2.40. The summed E-state index contributed by atoms with van der Waals surface area (Å²) in [5, 5.41) is 3.05. The van der Waals surface area contributed by atoms with Gasteiger partial charge in [-0.3, -0.25) is 9.79 Å². The summed E-state index contributed by atoms with van der Waals surface area (Å²) >= 11 is 6.06. The molecule has 3 N–H and O–H groups in total. The van der Waals surface area contributed by atoms with Crippen LogP contribution in [0.4, 0.5) is 24.7 Å². The summed E-state index contributed by atoms with van der Waals surface area (Å²) in [5.74, 6) is -0.144. The van der Waals surface area contributed by atoms with Gasteiger partial charge in [0.25, 0.3) is 0 Å². The van der Waals surface area contributed by atoms with E-state index < -0.39 is 17.7 Å². The molecule has 0 saturated heterocycles. The minimum atomic E-state index is -4.50. The van der Waals surface area contributed by atoms with Crippen LogP contribution in [0.5, 0.6) is 0 Å². The second kappa shape index (κ2) is 10.2. The van der Waals surface area contributed by atoms with Gasteiger partial charge in [0.15, 0.2) is 0 Å². The molecule has 0 saturated carbocycles. The topological polar surface area (TPSA) is 96.5 Å². The first kappa shape index (κ1) is 24.5. The third-order valence-corrected chi connectivity index (χ3v) is 5.25. The van der Waals surface area contributed by atoms with Crippen molar-refractivity contribution in [2.24, 2.45) is 10.9 Å². The predicted octanol–water partition coefficient (Wildman–Crippen LogP) is 4.47. The van der Waals surface area contributed by atoms with Crippen LogP contribution < -0.4 is 11.1 Å². The number of rotatable bonds is 6. The van der Waals surface area contributed by atoms with Crippen LogP contribution in [0.3, 0.4) is 0 Å². The number of fused-ring (bicyclic) bond motifs is 1. The molecular formula is C22H24ClF3N6O. The fourth-order valence-corrected chi connectivity index (χ4v) is 3.69. The van der Waals surface area contributed by atoms with Gasteiger partial charge < -0.3 is 16.0 Å². The minimum absolute atomic E-state index is 0.00900. The van der Waals surface area contributed by atoms with Crippen LogP contribution in [0.25, 0.3) is 0 Å². The zero-order valence-electron chi connectivity index (χ0n) is 18.2. The molecule has 0 radical (unpaired) electrons. The molecule has 33 heavy (non-hydrogen) atoms. The highest BCUT2D eigenvalue weighted by Crippen LogP contribution is 2.32. The number of nitrogen functional groups attached to an aromatic ring is 1. The molecule has 0 spiro atoms. The zero-order chi connectivity index (χ0) is 24.2. The van der Waals surface area contributed by atoms with E-state index in [9.17, 15) is 18.0 Å². The molecule has 176 valence electrons. The average molecular weight is 481 g/mol. The number of amides is 1. The van der Waals surface area contributed by atoms with Gasteiger partial charge in [-0.15, -0.1) is 0 Å². The quantitative estimate of drug-likeness (QED) is 0.361. The largest absolute Gasteiger partial charge is 0.416 e. The molecule has 1 aliphatic heterocycles. The molecule has 1 amide bonds. The predicted molar refractivity (Wildman–Crippen MR) is 122 cm³/mol. The van der Waals surface area contributed by atoms with Crippen LogP contribution in [0, 0.1) is 5.92 Å². The van der Waals surface area contributed by atoms with Gasteiger partial charge in [-0.1, -0.05) is 6.08 Å². The molecule has 3 rings (SSSR count). The molecular weight excluding hydrogens is 457 g/mol. The monoisotopic (exact) mass is 480 g/mol. The van der Waals surface area contributed by atoms with Crippen molar-refractivity contribution in [3.05, 3.63) is 58.1 Å². The van der Waals surface area contributed by atoms with E-state index in [4.69, 9.17) is 17.3 Å². The van der Waals surface area contributed by atoms with Gasteiger partial charge in [0.1, 0.15) is 5.82 Å². The van der Waals surface area contributed by atoms with Crippen molar-refractivity contribution in [1.82, 2.24) is 14.9 Å². The van der Waals surface area contributed by atoms with Crippen molar-refractivity contribution in [3.63, 3.8) is 0 Å². The maximum atomic E-state index is 13.1. The Morgan fingerprint density at radius 1 is 1.36 bits per heavy atom. The first-order valence-corrected chi connectivity index (χ1v) is 10.6. The summed E-state index contributed by atoms with van der Waals surface area (Å²) in [6.07, 6.45) is 0.922. The molecule has 11 heteroatoms. The van der Waals surface area contributed by atoms with Gasteiger partial charge in [-0.25, -0.2) is 9.97 Å². The van der Waals surface area contributed by atoms with Crippen LogP contribution in [0.1, 0.15) is 36.2 Å². The third kappa shape index (κ3) is 6.22. The van der Waals surface area contributed by atoms with Crippen LogP contribution in [-0.2, 0) is 30.5 Å². The lowest BCUT2D eigenvalue weighted by molar-refractivity contribution is -0.137. The molecule has 1 atom stereocenters. The Labute approximate surface area is 194 Å². The Balaban J connectivity index is 1.80. The summed E-state index contributed by atoms with van der Waals surface area (Å²) in [4.78, 5) is 27.1. The van der Waals surface area contributed by atoms with Crippen molar-refractivity contribution in [1.29, 1.82) is 0 Å². The number of nitrogens with one attached hydrogen (secondary N) is 1. The second-order valence-corrected chi connectivity index (χ2v) is 8.00. The lowest BCUT2D eigenvalue weighted by atomic mass is 10.0. The number of carbonyl (C=O) groups excluding carboxylic acids is 1. The molecule has 0 bridgehead atoms. The number of hydrogen-bond donors (Lipinski definition) is 2. The average Bonchev–Trinajstić information content (AvgIpc) is 2.75. The van der Waals surface area contributed by atoms with E-state index in [0.717, 1.165) is 12.1 Å². The molecule has 2 aromatic rings. The van der Waals surface area contributed by atoms with Crippen LogP contribution in [-0.4, -0.2) is 33.5 Å². The number of hydrogen-bond acceptors (Lipinski definition) is 6. The lowest BCUT2D eigenvalue weighted by Gasteiger charge is -2.30. The van der Waals surface area contributed by atoms with E-state index in [-0.39, 0.29) is 30.0 Å². The fourth-order valence-electron chi connectivity index (χ4n) is 3.50. The number of aliphatic imine (C=N–C) groups is 1. The number of benzene rings is 1. The number of nitrogens with two attached hydrogens (primary N) is 1. The highest BCUT2D eigenvalue weighted by molar-refractivity contribution is 6.28. The summed E-state index contributed by atoms with van der Waals surface area (Å²) in [7, 11) is 0. The van der Waals surface area contributed by atoms with E-state index >= 15 is 0 Å². The maximum absolute atomic E-state index is 13.1. The number of allylic oxidation sites excluding steroid dienone is 1. The van der Waals surface area contributed by atoms with Crippen molar-refractivity contribution >= 4 is 35.2 Å². The molecule has 0 aliphatic carbocycles. The van der Waals surface area contributed by atoms with Gasteiger partial charge in [0, 0.05) is 43.2 Å². The number of carbonyl (C=O) groups is 1. The maximum Gasteiger partial charge on any atom is 0.416 e. The molecule has 1 aromatic carbocycles. The third-order valence-electron chi connectivity index (χ3n) is 5.08. The Morgan fingerprint density at radius 3 is 2.82 bits per heavy atom. The number of alkyl halides is 3. The SMILES string of the molecule is C/C=C\N=CC(C)C(=O)N1CCc2nc(Cl)nc(NCc3cc(N)cc(C(F)(F)F)c3)c2C1. The van der Waals surface area contributed by atoms with E-state index in [1.54, 1.807) is 30.3 Å². The number of nitrogens with zero attached hydrogens (tertiary/aromatic N) is 4. The van der Waals surface area contributed by atoms with Crippen LogP contribution >= 0.6 is 11.6 Å². The minimum Gasteiger partial charge on any atom is -0.399 e. The second-order valence-electron chi connectivity index (χ2n) is 7.66. The zero-order valence-corrected chi connectivity index (χ0v) is 18.9. The summed E-state index contributed by atoms with van der Waals surface area (Å²) in [6, 6.07) is 3.37. The highest BCUT2D eigenvalue weighted by Gasteiger charge is 2.31. The van der Waals surface area contributed by atoms with Gasteiger partial charge >= 0.3 is 6.18 Å². The summed E-state index contributed by atoms with van der Waals surface area (Å²) in [5.41, 5.74) is 6.54.